The first-order valence-electron chi connectivity index (χ1n) is 7.07. The van der Waals surface area contributed by atoms with Crippen molar-refractivity contribution in [2.45, 2.75) is 0 Å². The van der Waals surface area contributed by atoms with E-state index in [4.69, 9.17) is 10.00 Å². The molecule has 0 unspecified atom stereocenters. The number of methoxy groups -OCH3 is 1. The van der Waals surface area contributed by atoms with E-state index in [0.717, 1.165) is 45.0 Å². The van der Waals surface area contributed by atoms with Gasteiger partial charge in [0.2, 0.25) is 0 Å². The van der Waals surface area contributed by atoms with Crippen molar-refractivity contribution in [3.8, 4) is 6.07 Å². The van der Waals surface area contributed by atoms with Gasteiger partial charge in [-0.3, -0.25) is 4.90 Å². The summed E-state index contributed by atoms with van der Waals surface area (Å²) >= 11 is 0. The van der Waals surface area contributed by atoms with Crippen LogP contribution in [0.4, 0.5) is 5.69 Å². The van der Waals surface area contributed by atoms with Crippen LogP contribution in [0.15, 0.2) is 30.5 Å². The van der Waals surface area contributed by atoms with E-state index in [-0.39, 0.29) is 35.1 Å². The molecule has 0 atom stereocenters. The minimum Gasteiger partial charge on any atom is -0.877 e. The van der Waals surface area contributed by atoms with Gasteiger partial charge in [0, 0.05) is 51.1 Å². The summed E-state index contributed by atoms with van der Waals surface area (Å²) in [5.74, 6) is 0. The fraction of sp³-hybridized carbons (Fsp3) is 0.438. The molecule has 0 N–H and O–H groups in total. The van der Waals surface area contributed by atoms with Gasteiger partial charge in [0.1, 0.15) is 0 Å². The number of nitrogens with zero attached hydrogens (tertiary/aromatic N) is 3. The molecular formula is C16H20N3NaO2. The molecule has 6 heteroatoms. The molecule has 22 heavy (non-hydrogen) atoms. The molecule has 0 radical (unpaired) electrons. The Balaban J connectivity index is 0.00000242. The second-order valence-corrected chi connectivity index (χ2v) is 5.01. The number of rotatable bonds is 5. The molecule has 1 saturated heterocycles. The fourth-order valence-corrected chi connectivity index (χ4v) is 2.46. The van der Waals surface area contributed by atoms with E-state index in [1.54, 1.807) is 7.11 Å². The van der Waals surface area contributed by atoms with Gasteiger partial charge < -0.3 is 14.7 Å². The van der Waals surface area contributed by atoms with Crippen LogP contribution in [0.3, 0.4) is 0 Å². The van der Waals surface area contributed by atoms with Crippen LogP contribution in [0.2, 0.25) is 0 Å². The van der Waals surface area contributed by atoms with Crippen molar-refractivity contribution in [2.24, 2.45) is 0 Å². The standard InChI is InChI=1S/C16H21N3O2.Na/c1-21-11-10-18-6-8-19(9-7-18)16-4-2-14(3-5-16)15(12-17)13-20;/h2-5,13,20H,6-11H2,1H3;/q;+1/p-1. The zero-order chi connectivity index (χ0) is 15.1. The Morgan fingerprint density at radius 3 is 2.41 bits per heavy atom. The van der Waals surface area contributed by atoms with E-state index in [1.165, 1.54) is 0 Å². The van der Waals surface area contributed by atoms with Gasteiger partial charge >= 0.3 is 29.6 Å². The van der Waals surface area contributed by atoms with Gasteiger partial charge in [-0.2, -0.15) is 5.26 Å². The van der Waals surface area contributed by atoms with E-state index >= 15 is 0 Å². The first kappa shape index (κ1) is 19.0. The van der Waals surface area contributed by atoms with Crippen molar-refractivity contribution in [3.05, 3.63) is 36.1 Å². The maximum atomic E-state index is 10.8. The number of anilines is 1. The van der Waals surface area contributed by atoms with Crippen LogP contribution in [0.5, 0.6) is 0 Å². The van der Waals surface area contributed by atoms with Gasteiger partial charge in [-0.25, -0.2) is 0 Å². The molecule has 1 fully saturated rings. The molecule has 0 amide bonds. The molecule has 0 aromatic heterocycles. The number of benzene rings is 1. The number of nitriles is 1. The van der Waals surface area contributed by atoms with Gasteiger partial charge in [-0.1, -0.05) is 12.1 Å². The van der Waals surface area contributed by atoms with Crippen molar-refractivity contribution in [1.29, 1.82) is 5.26 Å². The number of ether oxygens (including phenoxy) is 1. The van der Waals surface area contributed by atoms with Crippen molar-refractivity contribution >= 4 is 11.3 Å². The zero-order valence-electron chi connectivity index (χ0n) is 13.3. The molecule has 5 nitrogen and oxygen atoms in total. The summed E-state index contributed by atoms with van der Waals surface area (Å²) in [5, 5.41) is 19.6. The Morgan fingerprint density at radius 1 is 1.27 bits per heavy atom. The van der Waals surface area contributed by atoms with Gasteiger partial charge in [-0.05, 0) is 17.7 Å². The first-order valence-corrected chi connectivity index (χ1v) is 7.07. The number of hydrogen-bond acceptors (Lipinski definition) is 5. The second-order valence-electron chi connectivity index (χ2n) is 5.01. The smallest absolute Gasteiger partial charge is 0.877 e. The van der Waals surface area contributed by atoms with Crippen molar-refractivity contribution in [3.63, 3.8) is 0 Å². The van der Waals surface area contributed by atoms with Crippen LogP contribution in [0.1, 0.15) is 5.56 Å². The summed E-state index contributed by atoms with van der Waals surface area (Å²) in [6.07, 6.45) is 0.601. The van der Waals surface area contributed by atoms with Crippen LogP contribution in [-0.4, -0.2) is 51.3 Å². The summed E-state index contributed by atoms with van der Waals surface area (Å²) in [6, 6.07) is 9.52. The van der Waals surface area contributed by atoms with Gasteiger partial charge in [0.15, 0.2) is 0 Å². The Hall–Kier alpha value is -1.03. The topological polar surface area (TPSA) is 62.6 Å². The summed E-state index contributed by atoms with van der Waals surface area (Å²) < 4.78 is 5.10. The van der Waals surface area contributed by atoms with Crippen molar-refractivity contribution in [2.75, 3.05) is 51.3 Å². The summed E-state index contributed by atoms with van der Waals surface area (Å²) in [4.78, 5) is 4.71. The third-order valence-electron chi connectivity index (χ3n) is 3.77. The van der Waals surface area contributed by atoms with E-state index in [9.17, 15) is 5.11 Å². The SMILES string of the molecule is COCCN1CCN(c2ccc(C(C#N)=C[O-])cc2)CC1.[Na+]. The molecular weight excluding hydrogens is 289 g/mol. The number of piperazine rings is 1. The molecule has 112 valence electrons. The average molecular weight is 309 g/mol. The van der Waals surface area contributed by atoms with E-state index in [0.29, 0.717) is 11.8 Å². The van der Waals surface area contributed by atoms with Gasteiger partial charge in [0.05, 0.1) is 12.7 Å². The summed E-state index contributed by atoms with van der Waals surface area (Å²) in [6.45, 7) is 5.75. The van der Waals surface area contributed by atoms with E-state index in [2.05, 4.69) is 9.80 Å². The van der Waals surface area contributed by atoms with Gasteiger partial charge in [-0.15, -0.1) is 6.26 Å². The monoisotopic (exact) mass is 309 g/mol. The minimum absolute atomic E-state index is 0. The molecule has 1 aliphatic heterocycles. The molecule has 0 bridgehead atoms. The van der Waals surface area contributed by atoms with E-state index in [1.807, 2.05) is 30.3 Å². The Labute approximate surface area is 154 Å². The Bertz CT molecular complexity index is 517. The predicted octanol–water partition coefficient (Wildman–Crippen LogP) is -2.32. The maximum Gasteiger partial charge on any atom is 1.00 e. The molecule has 1 heterocycles. The van der Waals surface area contributed by atoms with Crippen LogP contribution in [0, 0.1) is 11.3 Å². The van der Waals surface area contributed by atoms with Gasteiger partial charge in [0.25, 0.3) is 0 Å². The minimum atomic E-state index is 0. The molecule has 1 aromatic rings. The van der Waals surface area contributed by atoms with Crippen molar-refractivity contribution < 1.29 is 39.4 Å². The van der Waals surface area contributed by atoms with Crippen LogP contribution in [-0.2, 0) is 4.74 Å². The second kappa shape index (κ2) is 9.88. The molecule has 0 aliphatic carbocycles. The van der Waals surface area contributed by atoms with Crippen molar-refractivity contribution in [1.82, 2.24) is 4.90 Å². The first-order chi connectivity index (χ1) is 10.3. The Morgan fingerprint density at radius 2 is 1.91 bits per heavy atom. The third kappa shape index (κ3) is 5.01. The summed E-state index contributed by atoms with van der Waals surface area (Å²) in [7, 11) is 1.73. The number of allylic oxidation sites excluding steroid dienone is 1. The predicted molar refractivity (Wildman–Crippen MR) is 80.6 cm³/mol. The molecule has 2 rings (SSSR count). The van der Waals surface area contributed by atoms with Crippen LogP contribution < -0.4 is 39.6 Å². The number of hydrogen-bond donors (Lipinski definition) is 0. The Kier molecular flexibility index (Phi) is 8.54. The normalized spacial score (nSPS) is 16.0. The molecule has 0 spiro atoms. The fourth-order valence-electron chi connectivity index (χ4n) is 2.46. The molecule has 0 saturated carbocycles. The molecule has 1 aromatic carbocycles. The largest absolute Gasteiger partial charge is 1.00 e. The summed E-state index contributed by atoms with van der Waals surface area (Å²) in [5.41, 5.74) is 1.98. The maximum absolute atomic E-state index is 10.8. The molecule has 1 aliphatic rings. The van der Waals surface area contributed by atoms with E-state index < -0.39 is 0 Å². The quantitative estimate of drug-likeness (QED) is 0.347. The zero-order valence-corrected chi connectivity index (χ0v) is 15.3. The average Bonchev–Trinajstić information content (AvgIpc) is 2.55. The van der Waals surface area contributed by atoms with Crippen LogP contribution in [0.25, 0.3) is 5.57 Å². The van der Waals surface area contributed by atoms with Crippen LogP contribution >= 0.6 is 0 Å². The third-order valence-corrected chi connectivity index (χ3v) is 3.77.